The predicted molar refractivity (Wildman–Crippen MR) is 103 cm³/mol. The fourth-order valence-corrected chi connectivity index (χ4v) is 5.35. The number of benzene rings is 2. The average molecular weight is 391 g/mol. The first-order chi connectivity index (χ1) is 12.8. The van der Waals surface area contributed by atoms with Crippen LogP contribution in [-0.2, 0) is 23.0 Å². The van der Waals surface area contributed by atoms with Crippen LogP contribution in [0.4, 0.5) is 0 Å². The predicted octanol–water partition coefficient (Wildman–Crippen LogP) is 3.16. The Balaban J connectivity index is 2.01. The molecule has 1 aliphatic rings. The molecule has 0 amide bonds. The van der Waals surface area contributed by atoms with Gasteiger partial charge in [-0.1, -0.05) is 0 Å². The van der Waals surface area contributed by atoms with Crippen molar-refractivity contribution in [3.8, 4) is 17.2 Å². The number of ether oxygens (including phenoxy) is 3. The SMILES string of the molecule is COc1ccc(S(=O)(=O)N2Cc3cc(OC)c(OC)cc3CC2C)c(C)c1. The Bertz CT molecular complexity index is 955. The van der Waals surface area contributed by atoms with E-state index in [1.165, 1.54) is 0 Å². The highest BCUT2D eigenvalue weighted by Gasteiger charge is 2.35. The second-order valence-corrected chi connectivity index (χ2v) is 8.57. The lowest BCUT2D eigenvalue weighted by atomic mass is 9.96. The van der Waals surface area contributed by atoms with Crippen LogP contribution in [0.5, 0.6) is 17.2 Å². The molecule has 1 atom stereocenters. The zero-order chi connectivity index (χ0) is 19.8. The Morgan fingerprint density at radius 3 is 2.15 bits per heavy atom. The van der Waals surface area contributed by atoms with E-state index in [2.05, 4.69) is 0 Å². The zero-order valence-electron chi connectivity index (χ0n) is 16.3. The second-order valence-electron chi connectivity index (χ2n) is 6.71. The Hall–Kier alpha value is -2.25. The number of fused-ring (bicyclic) bond motifs is 1. The monoisotopic (exact) mass is 391 g/mol. The lowest BCUT2D eigenvalue weighted by Gasteiger charge is -2.34. The van der Waals surface area contributed by atoms with Gasteiger partial charge in [0.2, 0.25) is 10.0 Å². The van der Waals surface area contributed by atoms with Gasteiger partial charge >= 0.3 is 0 Å². The molecule has 6 nitrogen and oxygen atoms in total. The number of sulfonamides is 1. The minimum Gasteiger partial charge on any atom is -0.497 e. The third kappa shape index (κ3) is 3.49. The van der Waals surface area contributed by atoms with Gasteiger partial charge in [0.1, 0.15) is 5.75 Å². The lowest BCUT2D eigenvalue weighted by Crippen LogP contribution is -2.42. The van der Waals surface area contributed by atoms with Crippen molar-refractivity contribution in [2.75, 3.05) is 21.3 Å². The maximum absolute atomic E-state index is 13.3. The van der Waals surface area contributed by atoms with Crippen LogP contribution in [0, 0.1) is 6.92 Å². The van der Waals surface area contributed by atoms with Gasteiger partial charge in [-0.25, -0.2) is 8.42 Å². The molecule has 0 bridgehead atoms. The molecule has 1 unspecified atom stereocenters. The van der Waals surface area contributed by atoms with Crippen LogP contribution in [0.25, 0.3) is 0 Å². The molecule has 2 aromatic carbocycles. The average Bonchev–Trinajstić information content (AvgIpc) is 2.65. The molecule has 1 heterocycles. The highest BCUT2D eigenvalue weighted by atomic mass is 32.2. The number of aryl methyl sites for hydroxylation is 1. The van der Waals surface area contributed by atoms with Crippen LogP contribution in [-0.4, -0.2) is 40.1 Å². The summed E-state index contributed by atoms with van der Waals surface area (Å²) in [6, 6.07) is 8.67. The van der Waals surface area contributed by atoms with Gasteiger partial charge in [-0.15, -0.1) is 0 Å². The molecule has 146 valence electrons. The molecular formula is C20H25NO5S. The summed E-state index contributed by atoms with van der Waals surface area (Å²) in [7, 11) is 1.10. The summed E-state index contributed by atoms with van der Waals surface area (Å²) >= 11 is 0. The van der Waals surface area contributed by atoms with Crippen molar-refractivity contribution < 1.29 is 22.6 Å². The highest BCUT2D eigenvalue weighted by Crippen LogP contribution is 2.37. The molecule has 0 spiro atoms. The van der Waals surface area contributed by atoms with Crippen LogP contribution in [0.1, 0.15) is 23.6 Å². The van der Waals surface area contributed by atoms with E-state index in [0.29, 0.717) is 40.7 Å². The van der Waals surface area contributed by atoms with Crippen molar-refractivity contribution in [3.63, 3.8) is 0 Å². The molecule has 0 N–H and O–H groups in total. The van der Waals surface area contributed by atoms with Crippen LogP contribution >= 0.6 is 0 Å². The lowest BCUT2D eigenvalue weighted by molar-refractivity contribution is 0.304. The molecule has 0 saturated heterocycles. The van der Waals surface area contributed by atoms with E-state index in [-0.39, 0.29) is 6.04 Å². The minimum absolute atomic E-state index is 0.165. The minimum atomic E-state index is -3.64. The van der Waals surface area contributed by atoms with E-state index in [4.69, 9.17) is 14.2 Å². The van der Waals surface area contributed by atoms with Crippen molar-refractivity contribution in [1.82, 2.24) is 4.31 Å². The van der Waals surface area contributed by atoms with Crippen molar-refractivity contribution in [1.29, 1.82) is 0 Å². The number of methoxy groups -OCH3 is 3. The molecule has 0 aliphatic carbocycles. The summed E-state index contributed by atoms with van der Waals surface area (Å²) in [6.07, 6.45) is 0.615. The quantitative estimate of drug-likeness (QED) is 0.783. The highest BCUT2D eigenvalue weighted by molar-refractivity contribution is 7.89. The van der Waals surface area contributed by atoms with E-state index in [9.17, 15) is 8.42 Å². The smallest absolute Gasteiger partial charge is 0.243 e. The molecule has 0 fully saturated rings. The molecule has 1 aliphatic heterocycles. The first-order valence-corrected chi connectivity index (χ1v) is 10.2. The standard InChI is InChI=1S/C20H25NO5S/c1-13-8-17(24-3)6-7-20(13)27(22,23)21-12-16-11-19(26-5)18(25-4)10-15(16)9-14(21)2/h6-8,10-11,14H,9,12H2,1-5H3. The second kappa shape index (κ2) is 7.40. The Morgan fingerprint density at radius 1 is 0.963 bits per heavy atom. The maximum atomic E-state index is 13.3. The summed E-state index contributed by atoms with van der Waals surface area (Å²) in [4.78, 5) is 0.305. The largest absolute Gasteiger partial charge is 0.497 e. The van der Waals surface area contributed by atoms with Gasteiger partial charge in [0.25, 0.3) is 0 Å². The van der Waals surface area contributed by atoms with E-state index < -0.39 is 10.0 Å². The Kier molecular flexibility index (Phi) is 5.35. The van der Waals surface area contributed by atoms with Crippen LogP contribution < -0.4 is 14.2 Å². The first-order valence-electron chi connectivity index (χ1n) is 8.72. The van der Waals surface area contributed by atoms with Gasteiger partial charge in [0, 0.05) is 12.6 Å². The normalized spacial score (nSPS) is 17.3. The van der Waals surface area contributed by atoms with E-state index in [1.54, 1.807) is 50.8 Å². The summed E-state index contributed by atoms with van der Waals surface area (Å²) in [5, 5.41) is 0. The molecule has 0 radical (unpaired) electrons. The van der Waals surface area contributed by atoms with Gasteiger partial charge < -0.3 is 14.2 Å². The fraction of sp³-hybridized carbons (Fsp3) is 0.400. The molecule has 0 saturated carbocycles. The number of hydrogen-bond acceptors (Lipinski definition) is 5. The van der Waals surface area contributed by atoms with E-state index in [0.717, 1.165) is 11.1 Å². The van der Waals surface area contributed by atoms with Gasteiger partial charge in [0.15, 0.2) is 11.5 Å². The van der Waals surface area contributed by atoms with Crippen LogP contribution in [0.2, 0.25) is 0 Å². The summed E-state index contributed by atoms with van der Waals surface area (Å²) in [6.45, 7) is 4.01. The molecule has 0 aromatic heterocycles. The molecule has 3 rings (SSSR count). The van der Waals surface area contributed by atoms with E-state index >= 15 is 0 Å². The first kappa shape index (κ1) is 19.5. The van der Waals surface area contributed by atoms with Crippen molar-refractivity contribution >= 4 is 10.0 Å². The number of rotatable bonds is 5. The Morgan fingerprint density at radius 2 is 1.59 bits per heavy atom. The molecule has 27 heavy (non-hydrogen) atoms. The van der Waals surface area contributed by atoms with Gasteiger partial charge in [0.05, 0.1) is 26.2 Å². The van der Waals surface area contributed by atoms with E-state index in [1.807, 2.05) is 19.1 Å². The van der Waals surface area contributed by atoms with Crippen molar-refractivity contribution in [2.24, 2.45) is 0 Å². The van der Waals surface area contributed by atoms with Crippen molar-refractivity contribution in [3.05, 3.63) is 47.0 Å². The summed E-state index contributed by atoms with van der Waals surface area (Å²) in [5.74, 6) is 1.90. The summed E-state index contributed by atoms with van der Waals surface area (Å²) in [5.41, 5.74) is 2.68. The van der Waals surface area contributed by atoms with Crippen molar-refractivity contribution in [2.45, 2.75) is 37.8 Å². The maximum Gasteiger partial charge on any atom is 0.243 e. The molecular weight excluding hydrogens is 366 g/mol. The van der Waals surface area contributed by atoms with Gasteiger partial charge in [-0.3, -0.25) is 0 Å². The zero-order valence-corrected chi connectivity index (χ0v) is 17.1. The topological polar surface area (TPSA) is 65.1 Å². The van der Waals surface area contributed by atoms with Gasteiger partial charge in [-0.2, -0.15) is 4.31 Å². The summed E-state index contributed by atoms with van der Waals surface area (Å²) < 4.78 is 44.2. The van der Waals surface area contributed by atoms with Gasteiger partial charge in [-0.05, 0) is 67.3 Å². The molecule has 7 heteroatoms. The fourth-order valence-electron chi connectivity index (χ4n) is 3.53. The van der Waals surface area contributed by atoms with Crippen LogP contribution in [0.3, 0.4) is 0 Å². The number of nitrogens with zero attached hydrogens (tertiary/aromatic N) is 1. The Labute approximate surface area is 160 Å². The third-order valence-corrected chi connectivity index (χ3v) is 7.13. The number of hydrogen-bond donors (Lipinski definition) is 0. The third-order valence-electron chi connectivity index (χ3n) is 5.01. The van der Waals surface area contributed by atoms with Crippen LogP contribution in [0.15, 0.2) is 35.2 Å². The molecule has 2 aromatic rings.